The Kier molecular flexibility index (Phi) is 3.40. The molecule has 0 saturated heterocycles. The number of Topliss-reactive ketones (excluding diaryl/α,β-unsaturated/α-hetero) is 1. The maximum absolute atomic E-state index is 11.1. The van der Waals surface area contributed by atoms with Crippen LogP contribution in [-0.2, 0) is 4.79 Å². The molecule has 0 aromatic heterocycles. The summed E-state index contributed by atoms with van der Waals surface area (Å²) in [6.45, 7) is 5.44. The van der Waals surface area contributed by atoms with Crippen LogP contribution >= 0.6 is 0 Å². The van der Waals surface area contributed by atoms with Gasteiger partial charge in [-0.1, -0.05) is 12.5 Å². The monoisotopic (exact) mass is 179 g/mol. The Morgan fingerprint density at radius 2 is 2.00 bits per heavy atom. The summed E-state index contributed by atoms with van der Waals surface area (Å²) >= 11 is 0. The smallest absolute Gasteiger partial charge is 0.177 e. The third-order valence-electron chi connectivity index (χ3n) is 2.63. The van der Waals surface area contributed by atoms with Crippen LogP contribution in [0.15, 0.2) is 16.8 Å². The maximum atomic E-state index is 11.1. The van der Waals surface area contributed by atoms with Gasteiger partial charge in [-0.2, -0.15) is 0 Å². The minimum Gasteiger partial charge on any atom is -0.293 e. The summed E-state index contributed by atoms with van der Waals surface area (Å²) < 4.78 is 0. The van der Waals surface area contributed by atoms with Crippen molar-refractivity contribution < 1.29 is 4.79 Å². The second-order valence-electron chi connectivity index (χ2n) is 3.61. The third-order valence-corrected chi connectivity index (χ3v) is 2.63. The number of carbonyl (C=O) groups is 1. The topological polar surface area (TPSA) is 29.4 Å². The fourth-order valence-corrected chi connectivity index (χ4v) is 1.45. The van der Waals surface area contributed by atoms with Gasteiger partial charge < -0.3 is 0 Å². The molecule has 0 aliphatic heterocycles. The fraction of sp³-hybridized carbons (Fsp3) is 0.636. The number of hydrogen-bond acceptors (Lipinski definition) is 2. The van der Waals surface area contributed by atoms with E-state index in [0.29, 0.717) is 11.6 Å². The summed E-state index contributed by atoms with van der Waals surface area (Å²) in [4.78, 5) is 15.4. The first-order chi connectivity index (χ1) is 6.15. The minimum absolute atomic E-state index is 0.0566. The van der Waals surface area contributed by atoms with Crippen LogP contribution in [0.1, 0.15) is 40.0 Å². The van der Waals surface area contributed by atoms with Gasteiger partial charge in [-0.15, -0.1) is 0 Å². The van der Waals surface area contributed by atoms with Crippen molar-refractivity contribution in [2.45, 2.75) is 40.0 Å². The van der Waals surface area contributed by atoms with Crippen LogP contribution in [0.4, 0.5) is 0 Å². The predicted molar refractivity (Wildman–Crippen MR) is 54.9 cm³/mol. The second-order valence-corrected chi connectivity index (χ2v) is 3.61. The fourth-order valence-electron chi connectivity index (χ4n) is 1.45. The van der Waals surface area contributed by atoms with Crippen molar-refractivity contribution in [3.05, 3.63) is 11.8 Å². The molecular formula is C11H17NO. The molecule has 1 aliphatic carbocycles. The van der Waals surface area contributed by atoms with Gasteiger partial charge >= 0.3 is 0 Å². The summed E-state index contributed by atoms with van der Waals surface area (Å²) in [5.74, 6) is 0.690. The average molecular weight is 179 g/mol. The van der Waals surface area contributed by atoms with Crippen molar-refractivity contribution in [1.82, 2.24) is 0 Å². The van der Waals surface area contributed by atoms with Gasteiger partial charge in [0.05, 0.1) is 0 Å². The molecule has 72 valence electrons. The lowest BCUT2D eigenvalue weighted by Gasteiger charge is -2.25. The van der Waals surface area contributed by atoms with Gasteiger partial charge in [0.1, 0.15) is 5.70 Å². The molecule has 1 aliphatic rings. The second kappa shape index (κ2) is 4.35. The van der Waals surface area contributed by atoms with E-state index in [0.717, 1.165) is 5.71 Å². The lowest BCUT2D eigenvalue weighted by molar-refractivity contribution is -0.113. The summed E-state index contributed by atoms with van der Waals surface area (Å²) in [6.07, 6.45) is 5.57. The van der Waals surface area contributed by atoms with Crippen LogP contribution in [0.5, 0.6) is 0 Å². The molecule has 0 atom stereocenters. The maximum Gasteiger partial charge on any atom is 0.177 e. The van der Waals surface area contributed by atoms with Crippen molar-refractivity contribution in [3.63, 3.8) is 0 Å². The van der Waals surface area contributed by atoms with Crippen molar-refractivity contribution in [1.29, 1.82) is 0 Å². The molecule has 2 nitrogen and oxygen atoms in total. The highest BCUT2D eigenvalue weighted by atomic mass is 16.1. The van der Waals surface area contributed by atoms with Gasteiger partial charge in [-0.25, -0.2) is 0 Å². The SMILES string of the molecule is C/C=C(\N=C(/C)C1CCC1)C(C)=O. The molecule has 0 heterocycles. The Balaban J connectivity index is 2.66. The highest BCUT2D eigenvalue weighted by molar-refractivity contribution is 5.97. The zero-order valence-electron chi connectivity index (χ0n) is 8.63. The number of allylic oxidation sites excluding steroid dienone is 2. The number of hydrogen-bond donors (Lipinski definition) is 0. The summed E-state index contributed by atoms with van der Waals surface area (Å²) in [6, 6.07) is 0. The molecule has 0 aromatic carbocycles. The Labute approximate surface area is 79.8 Å². The van der Waals surface area contributed by atoms with E-state index in [1.807, 2.05) is 13.8 Å². The van der Waals surface area contributed by atoms with Gasteiger partial charge in [-0.3, -0.25) is 9.79 Å². The van der Waals surface area contributed by atoms with E-state index in [2.05, 4.69) is 4.99 Å². The van der Waals surface area contributed by atoms with Gasteiger partial charge in [0, 0.05) is 12.6 Å². The van der Waals surface area contributed by atoms with E-state index in [1.54, 1.807) is 13.0 Å². The molecule has 0 amide bonds. The first kappa shape index (κ1) is 10.2. The zero-order valence-corrected chi connectivity index (χ0v) is 8.63. The van der Waals surface area contributed by atoms with Crippen LogP contribution in [0.2, 0.25) is 0 Å². The number of aliphatic imine (C=N–C) groups is 1. The first-order valence-corrected chi connectivity index (χ1v) is 4.87. The van der Waals surface area contributed by atoms with Crippen molar-refractivity contribution in [2.75, 3.05) is 0 Å². The lowest BCUT2D eigenvalue weighted by atomic mass is 9.82. The zero-order chi connectivity index (χ0) is 9.84. The van der Waals surface area contributed by atoms with Crippen LogP contribution in [0.3, 0.4) is 0 Å². The molecule has 0 radical (unpaired) electrons. The van der Waals surface area contributed by atoms with Crippen molar-refractivity contribution >= 4 is 11.5 Å². The molecule has 1 saturated carbocycles. The predicted octanol–water partition coefficient (Wildman–Crippen LogP) is 2.74. The molecule has 0 spiro atoms. The summed E-state index contributed by atoms with van der Waals surface area (Å²) in [5, 5.41) is 0. The molecule has 0 unspecified atom stereocenters. The standard InChI is InChI=1S/C11H17NO/c1-4-11(9(3)13)12-8(2)10-6-5-7-10/h4,10H,5-7H2,1-3H3/b11-4-,12-8+. The molecule has 1 fully saturated rings. The summed E-state index contributed by atoms with van der Waals surface area (Å²) in [5.41, 5.74) is 1.72. The van der Waals surface area contributed by atoms with Gasteiger partial charge in [-0.05, 0) is 32.6 Å². The Hall–Kier alpha value is -0.920. The summed E-state index contributed by atoms with van der Waals surface area (Å²) in [7, 11) is 0. The molecule has 0 N–H and O–H groups in total. The Bertz CT molecular complexity index is 259. The van der Waals surface area contributed by atoms with E-state index < -0.39 is 0 Å². The van der Waals surface area contributed by atoms with Crippen LogP contribution in [0.25, 0.3) is 0 Å². The quantitative estimate of drug-likeness (QED) is 0.484. The van der Waals surface area contributed by atoms with Gasteiger partial charge in [0.15, 0.2) is 5.78 Å². The van der Waals surface area contributed by atoms with E-state index >= 15 is 0 Å². The number of ketones is 1. The van der Waals surface area contributed by atoms with E-state index in [4.69, 9.17) is 0 Å². The van der Waals surface area contributed by atoms with Gasteiger partial charge in [0.2, 0.25) is 0 Å². The van der Waals surface area contributed by atoms with Crippen molar-refractivity contribution in [2.24, 2.45) is 10.9 Å². The molecular weight excluding hydrogens is 162 g/mol. The Morgan fingerprint density at radius 3 is 2.31 bits per heavy atom. The molecule has 0 aromatic rings. The van der Waals surface area contributed by atoms with E-state index in [1.165, 1.54) is 19.3 Å². The highest BCUT2D eigenvalue weighted by Crippen LogP contribution is 2.28. The van der Waals surface area contributed by atoms with E-state index in [-0.39, 0.29) is 5.78 Å². The number of nitrogens with zero attached hydrogens (tertiary/aromatic N) is 1. The average Bonchev–Trinajstić information content (AvgIpc) is 1.96. The van der Waals surface area contributed by atoms with Crippen LogP contribution < -0.4 is 0 Å². The van der Waals surface area contributed by atoms with Crippen LogP contribution in [0, 0.1) is 5.92 Å². The van der Waals surface area contributed by atoms with Crippen LogP contribution in [-0.4, -0.2) is 11.5 Å². The Morgan fingerprint density at radius 1 is 1.38 bits per heavy atom. The highest BCUT2D eigenvalue weighted by Gasteiger charge is 2.20. The van der Waals surface area contributed by atoms with Gasteiger partial charge in [0.25, 0.3) is 0 Å². The van der Waals surface area contributed by atoms with E-state index in [9.17, 15) is 4.79 Å². The minimum atomic E-state index is 0.0566. The lowest BCUT2D eigenvalue weighted by Crippen LogP contribution is -2.19. The first-order valence-electron chi connectivity index (χ1n) is 4.87. The molecule has 1 rings (SSSR count). The molecule has 0 bridgehead atoms. The molecule has 13 heavy (non-hydrogen) atoms. The number of rotatable bonds is 3. The van der Waals surface area contributed by atoms with Crippen molar-refractivity contribution in [3.8, 4) is 0 Å². The normalized spacial score (nSPS) is 19.9. The third kappa shape index (κ3) is 2.51. The largest absolute Gasteiger partial charge is 0.293 e. The number of carbonyl (C=O) groups excluding carboxylic acids is 1. The molecule has 2 heteroatoms.